The number of carboxylic acids is 1. The van der Waals surface area contributed by atoms with Crippen molar-refractivity contribution in [2.45, 2.75) is 13.3 Å². The zero-order valence-electron chi connectivity index (χ0n) is 3.44. The molecular weight excluding hydrogens is 130 g/mol. The van der Waals surface area contributed by atoms with E-state index in [9.17, 15) is 4.79 Å². The molecule has 2 nitrogen and oxygen atoms in total. The molecule has 0 aliphatic heterocycles. The second-order valence-electron chi connectivity index (χ2n) is 0.747. The Morgan fingerprint density at radius 2 is 1.86 bits per heavy atom. The fraction of sp³-hybridized carbons (Fsp3) is 0.667. The summed E-state index contributed by atoms with van der Waals surface area (Å²) >= 11 is 0. The standard InChI is InChI=1S/C3H6O2.Li.Mn.H/c1-2-3(4)5;;;/h2H2,1H3,(H,4,5);;;. The van der Waals surface area contributed by atoms with Gasteiger partial charge < -0.3 is 5.11 Å². The minimum absolute atomic E-state index is 0. The van der Waals surface area contributed by atoms with Gasteiger partial charge in [0.05, 0.1) is 0 Å². The zero-order chi connectivity index (χ0) is 4.28. The van der Waals surface area contributed by atoms with Crippen LogP contribution in [0, 0.1) is 0 Å². The van der Waals surface area contributed by atoms with E-state index in [1.165, 1.54) is 0 Å². The molecule has 0 unspecified atom stereocenters. The second kappa shape index (κ2) is 9.77. The fourth-order valence-corrected chi connectivity index (χ4v) is 0. The van der Waals surface area contributed by atoms with E-state index in [1.807, 2.05) is 0 Å². The van der Waals surface area contributed by atoms with Gasteiger partial charge in [0.1, 0.15) is 0 Å². The van der Waals surface area contributed by atoms with E-state index in [4.69, 9.17) is 5.11 Å². The maximum absolute atomic E-state index is 9.37. The molecule has 0 atom stereocenters. The molecule has 0 saturated carbocycles. The van der Waals surface area contributed by atoms with Gasteiger partial charge >= 0.3 is 24.8 Å². The van der Waals surface area contributed by atoms with Gasteiger partial charge in [0.25, 0.3) is 0 Å². The second-order valence-corrected chi connectivity index (χ2v) is 0.747. The average Bonchev–Trinajstić information content (AvgIpc) is 1.38. The van der Waals surface area contributed by atoms with E-state index >= 15 is 0 Å². The minimum atomic E-state index is -0.745. The van der Waals surface area contributed by atoms with E-state index in [1.54, 1.807) is 6.92 Å². The fourth-order valence-electron chi connectivity index (χ4n) is 0. The van der Waals surface area contributed by atoms with Crippen molar-refractivity contribution in [3.05, 3.63) is 0 Å². The summed E-state index contributed by atoms with van der Waals surface area (Å²) < 4.78 is 0. The Morgan fingerprint density at radius 1 is 1.71 bits per heavy atom. The van der Waals surface area contributed by atoms with Gasteiger partial charge in [-0.05, 0) is 0 Å². The van der Waals surface area contributed by atoms with Gasteiger partial charge in [0, 0.05) is 23.5 Å². The van der Waals surface area contributed by atoms with Crippen LogP contribution in [-0.2, 0) is 21.9 Å². The molecular formula is C3H7LiMnO2. The van der Waals surface area contributed by atoms with Crippen LogP contribution in [0.15, 0.2) is 0 Å². The number of hydrogen-bond donors (Lipinski definition) is 1. The Kier molecular flexibility index (Phi) is 21.8. The molecule has 1 radical (unpaired) electrons. The minimum Gasteiger partial charge on any atom is 0 e. The largest absolute Gasteiger partial charge is 0 e. The van der Waals surface area contributed by atoms with Gasteiger partial charge in [0.15, 0.2) is 0 Å². The summed E-state index contributed by atoms with van der Waals surface area (Å²) in [5.41, 5.74) is 0. The number of carboxylic acid groups (broad SMARTS) is 1. The SMILES string of the molecule is CCC(=O)O.[LiH].[Mn]. The van der Waals surface area contributed by atoms with Crippen LogP contribution in [0.4, 0.5) is 0 Å². The molecule has 0 aromatic heterocycles. The van der Waals surface area contributed by atoms with Crippen LogP contribution < -0.4 is 0 Å². The van der Waals surface area contributed by atoms with Gasteiger partial charge in [-0.3, -0.25) is 4.79 Å². The summed E-state index contributed by atoms with van der Waals surface area (Å²) in [5.74, 6) is -0.745. The first-order valence-corrected chi connectivity index (χ1v) is 1.49. The number of aliphatic carboxylic acids is 1. The summed E-state index contributed by atoms with van der Waals surface area (Å²) in [7, 11) is 0. The van der Waals surface area contributed by atoms with Crippen LogP contribution in [0.2, 0.25) is 0 Å². The molecule has 0 saturated heterocycles. The molecule has 0 aliphatic rings. The zero-order valence-corrected chi connectivity index (χ0v) is 4.62. The summed E-state index contributed by atoms with van der Waals surface area (Å²) in [6.45, 7) is 1.60. The summed E-state index contributed by atoms with van der Waals surface area (Å²) in [6, 6.07) is 0. The van der Waals surface area contributed by atoms with Gasteiger partial charge in [0.2, 0.25) is 0 Å². The molecule has 0 bridgehead atoms. The monoisotopic (exact) mass is 137 g/mol. The van der Waals surface area contributed by atoms with Crippen molar-refractivity contribution in [1.82, 2.24) is 0 Å². The van der Waals surface area contributed by atoms with Crippen LogP contribution in [-0.4, -0.2) is 29.9 Å². The Morgan fingerprint density at radius 3 is 1.86 bits per heavy atom. The maximum Gasteiger partial charge on any atom is 0 e. The van der Waals surface area contributed by atoms with Crippen molar-refractivity contribution in [3.8, 4) is 0 Å². The van der Waals surface area contributed by atoms with Crippen molar-refractivity contribution < 1.29 is 27.0 Å². The van der Waals surface area contributed by atoms with E-state index in [2.05, 4.69) is 0 Å². The molecule has 4 heteroatoms. The van der Waals surface area contributed by atoms with Crippen molar-refractivity contribution in [3.63, 3.8) is 0 Å². The van der Waals surface area contributed by atoms with Gasteiger partial charge in [-0.25, -0.2) is 0 Å². The molecule has 7 heavy (non-hydrogen) atoms. The molecule has 0 aromatic rings. The van der Waals surface area contributed by atoms with Crippen LogP contribution in [0.1, 0.15) is 13.3 Å². The Bertz CT molecular complexity index is 48.2. The third kappa shape index (κ3) is 20.7. The van der Waals surface area contributed by atoms with Crippen LogP contribution in [0.3, 0.4) is 0 Å². The van der Waals surface area contributed by atoms with Crippen LogP contribution in [0.25, 0.3) is 0 Å². The van der Waals surface area contributed by atoms with Gasteiger partial charge in [-0.1, -0.05) is 6.92 Å². The number of rotatable bonds is 1. The molecule has 39 valence electrons. The maximum atomic E-state index is 9.37. The molecule has 1 N–H and O–H groups in total. The molecule has 0 spiro atoms. The molecule has 0 heterocycles. The number of hydrogen-bond acceptors (Lipinski definition) is 1. The molecule has 0 rings (SSSR count). The Balaban J connectivity index is -0.0000000800. The first-order chi connectivity index (χ1) is 2.27. The van der Waals surface area contributed by atoms with Crippen molar-refractivity contribution in [2.24, 2.45) is 0 Å². The van der Waals surface area contributed by atoms with E-state index in [-0.39, 0.29) is 42.4 Å². The van der Waals surface area contributed by atoms with Crippen molar-refractivity contribution >= 4 is 24.8 Å². The summed E-state index contributed by atoms with van der Waals surface area (Å²) in [6.07, 6.45) is 0.222. The van der Waals surface area contributed by atoms with Gasteiger partial charge in [-0.2, -0.15) is 0 Å². The van der Waals surface area contributed by atoms with Crippen LogP contribution >= 0.6 is 0 Å². The predicted molar refractivity (Wildman–Crippen MR) is 25.1 cm³/mol. The summed E-state index contributed by atoms with van der Waals surface area (Å²) in [4.78, 5) is 9.37. The predicted octanol–water partition coefficient (Wildman–Crippen LogP) is -0.170. The smallest absolute Gasteiger partial charge is 0 e. The normalized spacial score (nSPS) is 5.29. The molecule has 0 fully saturated rings. The third-order valence-electron chi connectivity index (χ3n) is 0.302. The quantitative estimate of drug-likeness (QED) is 0.509. The van der Waals surface area contributed by atoms with E-state index in [0.29, 0.717) is 0 Å². The van der Waals surface area contributed by atoms with E-state index in [0.717, 1.165) is 0 Å². The molecule has 0 amide bonds. The topological polar surface area (TPSA) is 37.3 Å². The van der Waals surface area contributed by atoms with E-state index < -0.39 is 5.97 Å². The Labute approximate surface area is 65.3 Å². The molecule has 0 aliphatic carbocycles. The Hall–Kier alpha value is 0.587. The number of carbonyl (C=O) groups is 1. The van der Waals surface area contributed by atoms with Crippen molar-refractivity contribution in [2.75, 3.05) is 0 Å². The van der Waals surface area contributed by atoms with Crippen molar-refractivity contribution in [1.29, 1.82) is 0 Å². The first-order valence-electron chi connectivity index (χ1n) is 1.49. The summed E-state index contributed by atoms with van der Waals surface area (Å²) in [5, 5.41) is 7.72. The van der Waals surface area contributed by atoms with Crippen LogP contribution in [0.5, 0.6) is 0 Å². The first kappa shape index (κ1) is 15.6. The molecule has 0 aromatic carbocycles. The third-order valence-corrected chi connectivity index (χ3v) is 0.302. The average molecular weight is 137 g/mol. The van der Waals surface area contributed by atoms with Gasteiger partial charge in [-0.15, -0.1) is 0 Å².